The molecule has 0 saturated carbocycles. The van der Waals surface area contributed by atoms with E-state index >= 15 is 0 Å². The van der Waals surface area contributed by atoms with Gasteiger partial charge in [-0.15, -0.1) is 0 Å². The zero-order valence-corrected chi connectivity index (χ0v) is 28.9. The molecular weight excluding hydrogens is 540 g/mol. The molecule has 6 heteroatoms. The summed E-state index contributed by atoms with van der Waals surface area (Å²) in [6, 6.07) is 23.1. The molecule has 0 fully saturated rings. The van der Waals surface area contributed by atoms with Crippen LogP contribution in [0.3, 0.4) is 0 Å². The molecule has 0 radical (unpaired) electrons. The molecule has 4 heterocycles. The van der Waals surface area contributed by atoms with Crippen molar-refractivity contribution in [3.8, 4) is 22.8 Å². The Hall–Kier alpha value is -4.58. The average molecular weight is 593 g/mol. The van der Waals surface area contributed by atoms with Gasteiger partial charge in [-0.05, 0) is 48.6 Å². The summed E-state index contributed by atoms with van der Waals surface area (Å²) < 4.78 is 4.28. The van der Waals surface area contributed by atoms with Crippen molar-refractivity contribution in [2.45, 2.75) is 69.2 Å². The van der Waals surface area contributed by atoms with E-state index in [2.05, 4.69) is 109 Å². The van der Waals surface area contributed by atoms with Gasteiger partial charge in [0.05, 0.1) is 0 Å². The van der Waals surface area contributed by atoms with Crippen molar-refractivity contribution in [3.63, 3.8) is 0 Å². The van der Waals surface area contributed by atoms with E-state index in [-0.39, 0.29) is 0 Å². The Morgan fingerprint density at radius 2 is 1.00 bits per heavy atom. The first-order valence-corrected chi connectivity index (χ1v) is 15.8. The first kappa shape index (κ1) is 37.4. The first-order chi connectivity index (χ1) is 21.5. The van der Waals surface area contributed by atoms with Crippen LogP contribution in [0.2, 0.25) is 0 Å². The quantitative estimate of drug-likeness (QED) is 0.188. The molecule has 0 atom stereocenters. The number of benzene rings is 2. The predicted octanol–water partition coefficient (Wildman–Crippen LogP) is 8.96. The number of aryl methyl sites for hydroxylation is 4. The second kappa shape index (κ2) is 20.3. The maximum atomic E-state index is 4.38. The summed E-state index contributed by atoms with van der Waals surface area (Å²) >= 11 is 0. The SMILES string of the molecule is CC.CC.CC.CC.Cc1cncnc1-c1cc2ccccc2c[n+]1C.Cc1cncnc1-c1ccc2ccccc2[n+]1C. The zero-order chi connectivity index (χ0) is 33.1. The largest absolute Gasteiger partial charge is 0.244 e. The molecule has 0 amide bonds. The van der Waals surface area contributed by atoms with E-state index < -0.39 is 0 Å². The molecule has 0 saturated heterocycles. The van der Waals surface area contributed by atoms with Crippen molar-refractivity contribution < 1.29 is 9.13 Å². The number of pyridine rings is 2. The van der Waals surface area contributed by atoms with E-state index in [0.29, 0.717) is 0 Å². The standard InChI is InChI=1S/2C15H14N3.4C2H6/c1-11-8-16-10-17-15(11)14-7-12-5-3-4-6-13(12)9-18(14)2;1-11-9-16-10-17-15(11)14-8-7-12-5-3-4-6-13(12)18(14)2;4*1-2/h2*3-10H,1-2H3;4*1-2H3/q2*+1;;;;. The van der Waals surface area contributed by atoms with Gasteiger partial charge in [0.2, 0.25) is 16.9 Å². The van der Waals surface area contributed by atoms with Gasteiger partial charge in [-0.1, -0.05) is 85.7 Å². The molecule has 0 aliphatic carbocycles. The number of aromatic nitrogens is 6. The summed E-state index contributed by atoms with van der Waals surface area (Å²) in [4.78, 5) is 16.9. The maximum Gasteiger partial charge on any atom is 0.231 e. The van der Waals surface area contributed by atoms with Gasteiger partial charge in [-0.25, -0.2) is 19.9 Å². The zero-order valence-electron chi connectivity index (χ0n) is 28.9. The molecule has 0 bridgehead atoms. The highest BCUT2D eigenvalue weighted by molar-refractivity contribution is 5.83. The topological polar surface area (TPSA) is 59.3 Å². The Labute approximate surface area is 265 Å². The summed E-state index contributed by atoms with van der Waals surface area (Å²) in [7, 11) is 4.11. The first-order valence-electron chi connectivity index (χ1n) is 15.8. The van der Waals surface area contributed by atoms with Crippen molar-refractivity contribution in [1.29, 1.82) is 0 Å². The van der Waals surface area contributed by atoms with Crippen LogP contribution in [0.4, 0.5) is 0 Å². The molecule has 6 aromatic rings. The highest BCUT2D eigenvalue weighted by Gasteiger charge is 2.17. The van der Waals surface area contributed by atoms with Gasteiger partial charge >= 0.3 is 0 Å². The molecule has 0 spiro atoms. The minimum Gasteiger partial charge on any atom is -0.244 e. The third-order valence-corrected chi connectivity index (χ3v) is 6.36. The highest BCUT2D eigenvalue weighted by Crippen LogP contribution is 2.21. The lowest BCUT2D eigenvalue weighted by Crippen LogP contribution is -2.32. The molecule has 232 valence electrons. The van der Waals surface area contributed by atoms with Crippen LogP contribution in [-0.2, 0) is 14.1 Å². The van der Waals surface area contributed by atoms with Crippen LogP contribution in [0.25, 0.3) is 44.5 Å². The Balaban J connectivity index is 0.000000359. The van der Waals surface area contributed by atoms with E-state index in [9.17, 15) is 0 Å². The summed E-state index contributed by atoms with van der Waals surface area (Å²) in [6.07, 6.45) is 9.01. The Kier molecular flexibility index (Phi) is 17.3. The van der Waals surface area contributed by atoms with Gasteiger partial charge in [0.25, 0.3) is 0 Å². The number of rotatable bonds is 2. The molecule has 0 aliphatic rings. The van der Waals surface area contributed by atoms with Crippen molar-refractivity contribution in [3.05, 3.63) is 109 Å². The minimum absolute atomic E-state index is 0.984. The molecule has 44 heavy (non-hydrogen) atoms. The van der Waals surface area contributed by atoms with Crippen molar-refractivity contribution in [1.82, 2.24) is 19.9 Å². The lowest BCUT2D eigenvalue weighted by Gasteiger charge is -2.04. The molecule has 0 aliphatic heterocycles. The monoisotopic (exact) mass is 592 g/mol. The van der Waals surface area contributed by atoms with Gasteiger partial charge in [0.1, 0.15) is 38.1 Å². The van der Waals surface area contributed by atoms with E-state index in [0.717, 1.165) is 33.9 Å². The summed E-state index contributed by atoms with van der Waals surface area (Å²) in [5.74, 6) is 0. The molecule has 0 N–H and O–H groups in total. The van der Waals surface area contributed by atoms with Crippen molar-refractivity contribution in [2.24, 2.45) is 14.1 Å². The van der Waals surface area contributed by atoms with Crippen LogP contribution in [0, 0.1) is 13.8 Å². The number of hydrogen-bond donors (Lipinski definition) is 0. The summed E-state index contributed by atoms with van der Waals surface area (Å²) in [5, 5.41) is 3.69. The fraction of sp³-hybridized carbons (Fsp3) is 0.316. The lowest BCUT2D eigenvalue weighted by atomic mass is 10.1. The molecule has 2 aromatic carbocycles. The normalized spacial score (nSPS) is 9.36. The molecule has 6 rings (SSSR count). The van der Waals surface area contributed by atoms with Crippen LogP contribution >= 0.6 is 0 Å². The van der Waals surface area contributed by atoms with Crippen molar-refractivity contribution >= 4 is 21.7 Å². The van der Waals surface area contributed by atoms with Gasteiger partial charge < -0.3 is 0 Å². The van der Waals surface area contributed by atoms with Crippen molar-refractivity contribution in [2.75, 3.05) is 0 Å². The molecule has 6 nitrogen and oxygen atoms in total. The van der Waals surface area contributed by atoms with Crippen LogP contribution in [0.15, 0.2) is 98.0 Å². The number of fused-ring (bicyclic) bond motifs is 2. The van der Waals surface area contributed by atoms with Gasteiger partial charge in [-0.2, -0.15) is 9.13 Å². The second-order valence-electron chi connectivity index (χ2n) is 8.84. The van der Waals surface area contributed by atoms with Crippen LogP contribution in [-0.4, -0.2) is 19.9 Å². The third kappa shape index (κ3) is 9.46. The third-order valence-electron chi connectivity index (χ3n) is 6.36. The predicted molar refractivity (Wildman–Crippen MR) is 187 cm³/mol. The van der Waals surface area contributed by atoms with Crippen LogP contribution in [0.5, 0.6) is 0 Å². The van der Waals surface area contributed by atoms with Crippen LogP contribution < -0.4 is 9.13 Å². The lowest BCUT2D eigenvalue weighted by molar-refractivity contribution is -0.659. The summed E-state index contributed by atoms with van der Waals surface area (Å²) in [6.45, 7) is 20.1. The smallest absolute Gasteiger partial charge is 0.231 e. The highest BCUT2D eigenvalue weighted by atomic mass is 15.0. The molecule has 0 unspecified atom stereocenters. The molecule has 4 aromatic heterocycles. The van der Waals surface area contributed by atoms with Crippen LogP contribution in [0.1, 0.15) is 66.5 Å². The Morgan fingerprint density at radius 3 is 1.55 bits per heavy atom. The van der Waals surface area contributed by atoms with E-state index in [4.69, 9.17) is 0 Å². The van der Waals surface area contributed by atoms with E-state index in [1.807, 2.05) is 88.7 Å². The van der Waals surface area contributed by atoms with E-state index in [1.54, 1.807) is 12.7 Å². The number of hydrogen-bond acceptors (Lipinski definition) is 4. The van der Waals surface area contributed by atoms with Gasteiger partial charge in [-0.3, -0.25) is 0 Å². The van der Waals surface area contributed by atoms with Gasteiger partial charge in [0.15, 0.2) is 6.20 Å². The Morgan fingerprint density at radius 1 is 0.523 bits per heavy atom. The second-order valence-corrected chi connectivity index (χ2v) is 8.84. The minimum atomic E-state index is 0.984. The Bertz CT molecular complexity index is 1650. The fourth-order valence-electron chi connectivity index (χ4n) is 4.44. The average Bonchev–Trinajstić information content (AvgIpc) is 3.09. The van der Waals surface area contributed by atoms with E-state index in [1.165, 1.54) is 21.7 Å². The fourth-order valence-corrected chi connectivity index (χ4v) is 4.44. The number of para-hydroxylation sites is 1. The van der Waals surface area contributed by atoms with Gasteiger partial charge in [0, 0.05) is 41.4 Å². The molecular formula is C38H52N6+2. The number of nitrogens with zero attached hydrogens (tertiary/aromatic N) is 6. The maximum absolute atomic E-state index is 4.38. The summed E-state index contributed by atoms with van der Waals surface area (Å²) in [5.41, 5.74) is 7.55.